The Morgan fingerprint density at radius 2 is 2.10 bits per heavy atom. The highest BCUT2D eigenvalue weighted by atomic mass is 16.4. The maximum absolute atomic E-state index is 12.2. The first-order chi connectivity index (χ1) is 9.52. The van der Waals surface area contributed by atoms with Gasteiger partial charge in [-0.15, -0.1) is 0 Å². The summed E-state index contributed by atoms with van der Waals surface area (Å²) in [6, 6.07) is 3.85. The van der Waals surface area contributed by atoms with Crippen LogP contribution in [0.2, 0.25) is 0 Å². The van der Waals surface area contributed by atoms with Crippen LogP contribution in [0.4, 0.5) is 10.5 Å². The molecule has 1 aliphatic carbocycles. The number of hydrogen-bond donors (Lipinski definition) is 3. The van der Waals surface area contributed by atoms with E-state index in [0.717, 1.165) is 25.3 Å². The molecule has 0 aromatic heterocycles. The zero-order chi connectivity index (χ0) is 14.7. The average Bonchev–Trinajstić information content (AvgIpc) is 3.22. The Bertz CT molecular complexity index is 526. The highest BCUT2D eigenvalue weighted by Crippen LogP contribution is 2.28. The minimum Gasteiger partial charge on any atom is -0.508 e. The van der Waals surface area contributed by atoms with Crippen LogP contribution in [0.3, 0.4) is 0 Å². The molecule has 1 aromatic rings. The molecule has 2 amide bonds. The molecule has 0 unspecified atom stereocenters. The third kappa shape index (κ3) is 3.20. The number of carbonyl (C=O) groups excluding carboxylic acids is 1. The van der Waals surface area contributed by atoms with Gasteiger partial charge in [0.05, 0.1) is 11.3 Å². The van der Waals surface area contributed by atoms with Crippen LogP contribution in [-0.4, -0.2) is 39.7 Å². The van der Waals surface area contributed by atoms with Crippen LogP contribution in [0.5, 0.6) is 5.75 Å². The van der Waals surface area contributed by atoms with Gasteiger partial charge in [0, 0.05) is 12.6 Å². The van der Waals surface area contributed by atoms with Crippen molar-refractivity contribution in [3.05, 3.63) is 23.8 Å². The van der Waals surface area contributed by atoms with Gasteiger partial charge in [-0.05, 0) is 37.5 Å². The first-order valence-electron chi connectivity index (χ1n) is 6.67. The summed E-state index contributed by atoms with van der Waals surface area (Å²) in [5, 5.41) is 21.0. The second kappa shape index (κ2) is 5.81. The number of phenolic OH excluding ortho intramolecular Hbond substituents is 1. The normalized spacial score (nSPS) is 13.8. The number of nitrogens with zero attached hydrogens (tertiary/aromatic N) is 1. The third-order valence-electron chi connectivity index (χ3n) is 3.19. The Labute approximate surface area is 117 Å². The minimum absolute atomic E-state index is 0.120. The summed E-state index contributed by atoms with van der Waals surface area (Å²) < 4.78 is 0. The van der Waals surface area contributed by atoms with Gasteiger partial charge in [0.2, 0.25) is 0 Å². The number of carboxylic acid groups (broad SMARTS) is 1. The van der Waals surface area contributed by atoms with Crippen LogP contribution in [-0.2, 0) is 0 Å². The number of nitrogens with one attached hydrogen (secondary N) is 1. The Morgan fingerprint density at radius 1 is 1.40 bits per heavy atom. The van der Waals surface area contributed by atoms with Gasteiger partial charge in [-0.2, -0.15) is 0 Å². The number of aromatic carboxylic acids is 1. The zero-order valence-electron chi connectivity index (χ0n) is 11.3. The largest absolute Gasteiger partial charge is 0.508 e. The highest BCUT2D eigenvalue weighted by Gasteiger charge is 2.32. The number of urea groups is 1. The van der Waals surface area contributed by atoms with Gasteiger partial charge in [0.25, 0.3) is 0 Å². The molecule has 1 aromatic carbocycles. The smallest absolute Gasteiger partial charge is 0.337 e. The molecule has 0 spiro atoms. The molecule has 0 atom stereocenters. The lowest BCUT2D eigenvalue weighted by molar-refractivity contribution is 0.0697. The first-order valence-corrected chi connectivity index (χ1v) is 6.67. The number of benzene rings is 1. The number of carbonyl (C=O) groups is 2. The van der Waals surface area contributed by atoms with E-state index in [2.05, 4.69) is 5.32 Å². The molecule has 108 valence electrons. The minimum atomic E-state index is -1.19. The van der Waals surface area contributed by atoms with Crippen LogP contribution < -0.4 is 5.32 Å². The molecule has 0 aliphatic heterocycles. The number of amides is 2. The van der Waals surface area contributed by atoms with Crippen LogP contribution in [0.1, 0.15) is 36.5 Å². The fourth-order valence-corrected chi connectivity index (χ4v) is 2.08. The van der Waals surface area contributed by atoms with Crippen LogP contribution >= 0.6 is 0 Å². The number of rotatable bonds is 5. The number of hydrogen-bond acceptors (Lipinski definition) is 3. The molecule has 20 heavy (non-hydrogen) atoms. The predicted octanol–water partition coefficient (Wildman–Crippen LogP) is 2.50. The standard InChI is InChI=1S/C14H18N2O4/c1-2-7-16(9-3-4-9)14(20)15-12-6-5-10(17)8-11(12)13(18)19/h5-6,8-9,17H,2-4,7H2,1H3,(H,15,20)(H,18,19). The molecule has 3 N–H and O–H groups in total. The summed E-state index contributed by atoms with van der Waals surface area (Å²) in [6.07, 6.45) is 2.84. The van der Waals surface area contributed by atoms with Crippen molar-refractivity contribution in [2.24, 2.45) is 0 Å². The van der Waals surface area contributed by atoms with Crippen LogP contribution in [0, 0.1) is 0 Å². The molecule has 0 bridgehead atoms. The maximum atomic E-state index is 12.2. The number of carboxylic acids is 1. The van der Waals surface area contributed by atoms with Crippen molar-refractivity contribution in [3.63, 3.8) is 0 Å². The van der Waals surface area contributed by atoms with Gasteiger partial charge in [-0.1, -0.05) is 6.92 Å². The van der Waals surface area contributed by atoms with E-state index in [-0.39, 0.29) is 29.1 Å². The molecular formula is C14H18N2O4. The van der Waals surface area contributed by atoms with Gasteiger partial charge < -0.3 is 20.4 Å². The second-order valence-electron chi connectivity index (χ2n) is 4.89. The van der Waals surface area contributed by atoms with E-state index in [4.69, 9.17) is 5.11 Å². The summed E-state index contributed by atoms with van der Waals surface area (Å²) in [6.45, 7) is 2.64. The average molecular weight is 278 g/mol. The Morgan fingerprint density at radius 3 is 2.65 bits per heavy atom. The summed E-state index contributed by atoms with van der Waals surface area (Å²) in [5.74, 6) is -1.34. The molecule has 1 saturated carbocycles. The van der Waals surface area contributed by atoms with Crippen molar-refractivity contribution < 1.29 is 19.8 Å². The summed E-state index contributed by atoms with van der Waals surface area (Å²) in [7, 11) is 0. The van der Waals surface area contributed by atoms with Crippen molar-refractivity contribution in [1.29, 1.82) is 0 Å². The van der Waals surface area contributed by atoms with Crippen LogP contribution in [0.15, 0.2) is 18.2 Å². The number of anilines is 1. The van der Waals surface area contributed by atoms with E-state index < -0.39 is 5.97 Å². The van der Waals surface area contributed by atoms with E-state index in [1.54, 1.807) is 4.90 Å². The van der Waals surface area contributed by atoms with E-state index in [9.17, 15) is 14.7 Å². The second-order valence-corrected chi connectivity index (χ2v) is 4.89. The molecule has 0 heterocycles. The van der Waals surface area contributed by atoms with Gasteiger partial charge in [0.15, 0.2) is 0 Å². The molecular weight excluding hydrogens is 260 g/mol. The number of aromatic hydroxyl groups is 1. The van der Waals surface area contributed by atoms with E-state index in [0.29, 0.717) is 6.54 Å². The lowest BCUT2D eigenvalue weighted by Crippen LogP contribution is -2.37. The van der Waals surface area contributed by atoms with Crippen molar-refractivity contribution in [2.45, 2.75) is 32.2 Å². The molecule has 0 saturated heterocycles. The summed E-state index contributed by atoms with van der Waals surface area (Å²) in [5.41, 5.74) is 0.0765. The van der Waals surface area contributed by atoms with Crippen molar-refractivity contribution in [2.75, 3.05) is 11.9 Å². The summed E-state index contributed by atoms with van der Waals surface area (Å²) >= 11 is 0. The Balaban J connectivity index is 2.16. The van der Waals surface area contributed by atoms with Gasteiger partial charge in [-0.3, -0.25) is 0 Å². The molecule has 0 radical (unpaired) electrons. The Kier molecular flexibility index (Phi) is 4.12. The topological polar surface area (TPSA) is 89.9 Å². The monoisotopic (exact) mass is 278 g/mol. The van der Waals surface area contributed by atoms with E-state index >= 15 is 0 Å². The zero-order valence-corrected chi connectivity index (χ0v) is 11.3. The quantitative estimate of drug-likeness (QED) is 0.722. The molecule has 2 rings (SSSR count). The van der Waals surface area contributed by atoms with Gasteiger partial charge in [-0.25, -0.2) is 9.59 Å². The predicted molar refractivity (Wildman–Crippen MR) is 74.1 cm³/mol. The first kappa shape index (κ1) is 14.2. The van der Waals surface area contributed by atoms with E-state index in [1.807, 2.05) is 6.92 Å². The van der Waals surface area contributed by atoms with Crippen molar-refractivity contribution in [3.8, 4) is 5.75 Å². The Hall–Kier alpha value is -2.24. The van der Waals surface area contributed by atoms with Crippen LogP contribution in [0.25, 0.3) is 0 Å². The van der Waals surface area contributed by atoms with Gasteiger partial charge >= 0.3 is 12.0 Å². The fraction of sp³-hybridized carbons (Fsp3) is 0.429. The lowest BCUT2D eigenvalue weighted by Gasteiger charge is -2.22. The van der Waals surface area contributed by atoms with E-state index in [1.165, 1.54) is 12.1 Å². The van der Waals surface area contributed by atoms with Crippen molar-refractivity contribution in [1.82, 2.24) is 4.90 Å². The molecule has 6 heteroatoms. The maximum Gasteiger partial charge on any atom is 0.337 e. The summed E-state index contributed by atoms with van der Waals surface area (Å²) in [4.78, 5) is 25.1. The SMILES string of the molecule is CCCN(C(=O)Nc1ccc(O)cc1C(=O)O)C1CC1. The lowest BCUT2D eigenvalue weighted by atomic mass is 10.1. The van der Waals surface area contributed by atoms with Gasteiger partial charge in [0.1, 0.15) is 5.75 Å². The molecule has 1 aliphatic rings. The number of phenols is 1. The molecule has 6 nitrogen and oxygen atoms in total. The fourth-order valence-electron chi connectivity index (χ4n) is 2.08. The third-order valence-corrected chi connectivity index (χ3v) is 3.19. The molecule has 1 fully saturated rings. The van der Waals surface area contributed by atoms with Crippen molar-refractivity contribution >= 4 is 17.7 Å². The highest BCUT2D eigenvalue weighted by molar-refractivity contribution is 6.00.